The van der Waals surface area contributed by atoms with Gasteiger partial charge in [0.05, 0.1) is 43.5 Å². The Kier molecular flexibility index (Phi) is 10.2. The highest BCUT2D eigenvalue weighted by molar-refractivity contribution is 9.11. The molecule has 0 bridgehead atoms. The van der Waals surface area contributed by atoms with Gasteiger partial charge in [0.2, 0.25) is 18.3 Å². The maximum atomic E-state index is 7.19. The van der Waals surface area contributed by atoms with Gasteiger partial charge < -0.3 is 32.8 Å². The molecule has 2 aromatic rings. The quantitative estimate of drug-likeness (QED) is 0.219. The predicted octanol–water partition coefficient (Wildman–Crippen LogP) is 8.55. The number of methoxy groups -OCH3 is 4. The van der Waals surface area contributed by atoms with Crippen LogP contribution < -0.4 is 28.4 Å². The van der Waals surface area contributed by atoms with Gasteiger partial charge in [-0.05, 0) is 85.9 Å². The zero-order chi connectivity index (χ0) is 29.3. The molecule has 2 aromatic carbocycles. The lowest BCUT2D eigenvalue weighted by molar-refractivity contribution is 0.0948. The molecule has 1 aliphatic heterocycles. The first-order valence-corrected chi connectivity index (χ1v) is 17.5. The van der Waals surface area contributed by atoms with Crippen LogP contribution in [0.15, 0.2) is 21.1 Å². The van der Waals surface area contributed by atoms with Gasteiger partial charge in [-0.2, -0.15) is 0 Å². The van der Waals surface area contributed by atoms with Crippen molar-refractivity contribution in [1.29, 1.82) is 0 Å². The third kappa shape index (κ3) is 6.34. The predicted molar refractivity (Wildman–Crippen MR) is 164 cm³/mol. The Hall–Kier alpha value is -1.62. The van der Waals surface area contributed by atoms with Crippen molar-refractivity contribution < 1.29 is 32.8 Å². The highest BCUT2D eigenvalue weighted by Crippen LogP contribution is 2.52. The van der Waals surface area contributed by atoms with Crippen molar-refractivity contribution >= 4 is 40.2 Å². The van der Waals surface area contributed by atoms with Gasteiger partial charge in [-0.1, -0.05) is 34.6 Å². The maximum Gasteiger partial charge on any atom is 0.231 e. The molecule has 0 N–H and O–H groups in total. The minimum absolute atomic E-state index is 0.0229. The number of hydrogen-bond donors (Lipinski definition) is 0. The normalized spacial score (nSPS) is 15.5. The van der Waals surface area contributed by atoms with Gasteiger partial charge in [-0.15, -0.1) is 0 Å². The van der Waals surface area contributed by atoms with E-state index >= 15 is 0 Å². The van der Waals surface area contributed by atoms with E-state index in [1.807, 2.05) is 12.1 Å². The first-order valence-electron chi connectivity index (χ1n) is 13.0. The van der Waals surface area contributed by atoms with Crippen LogP contribution in [-0.4, -0.2) is 43.5 Å². The van der Waals surface area contributed by atoms with E-state index < -0.39 is 8.32 Å². The molecule has 1 heterocycles. The summed E-state index contributed by atoms with van der Waals surface area (Å²) in [6.07, 6.45) is 0.535. The Morgan fingerprint density at radius 3 is 2.03 bits per heavy atom. The van der Waals surface area contributed by atoms with Crippen LogP contribution in [0.2, 0.25) is 18.1 Å². The Balaban J connectivity index is 2.09. The van der Waals surface area contributed by atoms with E-state index in [1.54, 1.807) is 28.4 Å². The molecule has 0 spiro atoms. The van der Waals surface area contributed by atoms with E-state index in [-0.39, 0.29) is 29.8 Å². The van der Waals surface area contributed by atoms with Gasteiger partial charge in [0, 0.05) is 5.56 Å². The second-order valence-corrected chi connectivity index (χ2v) is 17.8. The van der Waals surface area contributed by atoms with Crippen LogP contribution in [0.3, 0.4) is 0 Å². The minimum Gasteiger partial charge on any atom is -0.493 e. The van der Waals surface area contributed by atoms with Crippen molar-refractivity contribution in [2.24, 2.45) is 11.8 Å². The molecule has 0 saturated heterocycles. The van der Waals surface area contributed by atoms with E-state index in [2.05, 4.69) is 79.6 Å². The SMILES string of the molecule is COc1cc([C@H](O[Si](C)(C)C(C)(C)C)[C@@H](C)[C@@H](C)Cc2cc3c(c(OC)c2Br)OCO3)c(Br)c(OC)c1OC. The molecule has 0 unspecified atom stereocenters. The fraction of sp³-hybridized carbons (Fsp3) is 0.586. The van der Waals surface area contributed by atoms with Gasteiger partial charge in [0.25, 0.3) is 0 Å². The molecule has 0 fully saturated rings. The number of halogens is 2. The van der Waals surface area contributed by atoms with Crippen LogP contribution in [-0.2, 0) is 10.8 Å². The first kappa shape index (κ1) is 31.9. The second-order valence-electron chi connectivity index (χ2n) is 11.5. The molecule has 39 heavy (non-hydrogen) atoms. The third-order valence-electron chi connectivity index (χ3n) is 8.09. The van der Waals surface area contributed by atoms with E-state index in [1.165, 1.54) is 0 Å². The number of ether oxygens (including phenoxy) is 6. The monoisotopic (exact) mass is 688 g/mol. The fourth-order valence-electron chi connectivity index (χ4n) is 4.50. The molecule has 3 atom stereocenters. The van der Waals surface area contributed by atoms with E-state index in [0.29, 0.717) is 34.5 Å². The maximum absolute atomic E-state index is 7.19. The summed E-state index contributed by atoms with van der Waals surface area (Å²) >= 11 is 7.58. The third-order valence-corrected chi connectivity index (χ3v) is 14.2. The average molecular weight is 691 g/mol. The van der Waals surface area contributed by atoms with Crippen LogP contribution in [0.1, 0.15) is 51.8 Å². The summed E-state index contributed by atoms with van der Waals surface area (Å²) in [5.74, 6) is 4.03. The summed E-state index contributed by atoms with van der Waals surface area (Å²) < 4.78 is 43.0. The van der Waals surface area contributed by atoms with Crippen LogP contribution in [0, 0.1) is 11.8 Å². The molecule has 0 aliphatic carbocycles. The Morgan fingerprint density at radius 1 is 0.872 bits per heavy atom. The zero-order valence-electron chi connectivity index (χ0n) is 24.9. The molecule has 0 radical (unpaired) electrons. The Labute approximate surface area is 251 Å². The van der Waals surface area contributed by atoms with Gasteiger partial charge in [0.1, 0.15) is 0 Å². The van der Waals surface area contributed by atoms with Crippen LogP contribution in [0.25, 0.3) is 0 Å². The van der Waals surface area contributed by atoms with Crippen molar-refractivity contribution in [3.8, 4) is 34.5 Å². The lowest BCUT2D eigenvalue weighted by Gasteiger charge is -2.42. The molecule has 0 aromatic heterocycles. The van der Waals surface area contributed by atoms with Crippen molar-refractivity contribution in [3.63, 3.8) is 0 Å². The molecule has 0 amide bonds. The lowest BCUT2D eigenvalue weighted by atomic mass is 9.83. The molecule has 218 valence electrons. The largest absolute Gasteiger partial charge is 0.493 e. The number of benzene rings is 2. The lowest BCUT2D eigenvalue weighted by Crippen LogP contribution is -2.43. The molecule has 10 heteroatoms. The highest BCUT2D eigenvalue weighted by atomic mass is 79.9. The van der Waals surface area contributed by atoms with E-state index in [0.717, 1.165) is 26.5 Å². The van der Waals surface area contributed by atoms with E-state index in [4.69, 9.17) is 32.8 Å². The standard InChI is InChI=1S/C29H42Br2O7Si/c1-16(12-18-13-21-26(37-15-36-21)27(34-8)22(18)30)17(2)24(38-39(10,11)29(3,4)5)19-14-20(32-6)25(33-7)28(35-9)23(19)31/h13-14,16-17,24H,12,15H2,1-11H3/t16-,17-,24+/m0/s1. The highest BCUT2D eigenvalue weighted by Gasteiger charge is 2.42. The average Bonchev–Trinajstić information content (AvgIpc) is 3.34. The second kappa shape index (κ2) is 12.5. The smallest absolute Gasteiger partial charge is 0.231 e. The van der Waals surface area contributed by atoms with Crippen molar-refractivity contribution in [2.75, 3.05) is 35.2 Å². The summed E-state index contributed by atoms with van der Waals surface area (Å²) in [6.45, 7) is 16.0. The molecular weight excluding hydrogens is 648 g/mol. The van der Waals surface area contributed by atoms with Gasteiger partial charge in [-0.3, -0.25) is 0 Å². The molecular formula is C29H42Br2O7Si. The van der Waals surface area contributed by atoms with Gasteiger partial charge in [-0.25, -0.2) is 0 Å². The fourth-order valence-corrected chi connectivity index (χ4v) is 7.13. The van der Waals surface area contributed by atoms with Crippen LogP contribution in [0.5, 0.6) is 34.5 Å². The minimum atomic E-state index is -2.19. The Morgan fingerprint density at radius 2 is 1.49 bits per heavy atom. The summed E-state index contributed by atoms with van der Waals surface area (Å²) in [5, 5.41) is 0.0229. The first-order chi connectivity index (χ1) is 18.2. The summed E-state index contributed by atoms with van der Waals surface area (Å²) in [4.78, 5) is 0. The molecule has 0 saturated carbocycles. The summed E-state index contributed by atoms with van der Waals surface area (Å²) in [7, 11) is 4.33. The van der Waals surface area contributed by atoms with Crippen molar-refractivity contribution in [3.05, 3.63) is 32.2 Å². The van der Waals surface area contributed by atoms with Crippen LogP contribution in [0.4, 0.5) is 0 Å². The van der Waals surface area contributed by atoms with Crippen LogP contribution >= 0.6 is 31.9 Å². The number of fused-ring (bicyclic) bond motifs is 1. The van der Waals surface area contributed by atoms with Gasteiger partial charge >= 0.3 is 0 Å². The van der Waals surface area contributed by atoms with Crippen molar-refractivity contribution in [1.82, 2.24) is 0 Å². The van der Waals surface area contributed by atoms with Crippen molar-refractivity contribution in [2.45, 2.75) is 65.3 Å². The number of rotatable bonds is 11. The Bertz CT molecular complexity index is 1180. The topological polar surface area (TPSA) is 64.6 Å². The summed E-state index contributed by atoms with van der Waals surface area (Å²) in [6, 6.07) is 4.04. The zero-order valence-corrected chi connectivity index (χ0v) is 29.1. The molecule has 7 nitrogen and oxygen atoms in total. The van der Waals surface area contributed by atoms with E-state index in [9.17, 15) is 0 Å². The summed E-state index contributed by atoms with van der Waals surface area (Å²) in [5.41, 5.74) is 2.06. The number of hydrogen-bond acceptors (Lipinski definition) is 7. The molecule has 3 rings (SSSR count). The van der Waals surface area contributed by atoms with Gasteiger partial charge in [0.15, 0.2) is 31.3 Å². The molecule has 1 aliphatic rings.